The van der Waals surface area contributed by atoms with E-state index in [1.54, 1.807) is 46.9 Å². The third-order valence-electron chi connectivity index (χ3n) is 3.13. The Morgan fingerprint density at radius 2 is 1.75 bits per heavy atom. The number of benzene rings is 1. The lowest BCUT2D eigenvalue weighted by Crippen LogP contribution is -2.04. The molecule has 0 aliphatic heterocycles. The Hall–Kier alpha value is -3.06. The molecule has 20 heavy (non-hydrogen) atoms. The highest BCUT2D eigenvalue weighted by molar-refractivity contribution is 6.08. The lowest BCUT2D eigenvalue weighted by molar-refractivity contribution is 0.103. The zero-order valence-corrected chi connectivity index (χ0v) is 10.4. The maximum Gasteiger partial charge on any atom is 0.209 e. The molecule has 4 heteroatoms. The van der Waals surface area contributed by atoms with Gasteiger partial charge in [-0.3, -0.25) is 4.79 Å². The van der Waals surface area contributed by atoms with E-state index in [1.807, 2.05) is 6.07 Å². The van der Waals surface area contributed by atoms with E-state index in [0.717, 1.165) is 5.52 Å². The number of carbonyl (C=O) groups excluding carboxylic acids is 1. The van der Waals surface area contributed by atoms with Crippen LogP contribution in [0.15, 0.2) is 54.7 Å². The van der Waals surface area contributed by atoms with Gasteiger partial charge in [-0.2, -0.15) is 0 Å². The van der Waals surface area contributed by atoms with E-state index >= 15 is 0 Å². The Kier molecular flexibility index (Phi) is 2.73. The molecule has 96 valence electrons. The van der Waals surface area contributed by atoms with Crippen molar-refractivity contribution < 1.29 is 9.90 Å². The summed E-state index contributed by atoms with van der Waals surface area (Å²) in [7, 11) is 0. The van der Waals surface area contributed by atoms with Gasteiger partial charge < -0.3 is 9.51 Å². The third-order valence-corrected chi connectivity index (χ3v) is 3.13. The van der Waals surface area contributed by atoms with Crippen LogP contribution in [-0.2, 0) is 0 Å². The van der Waals surface area contributed by atoms with E-state index < -0.39 is 0 Å². The molecule has 0 saturated heterocycles. The topological polar surface area (TPSA) is 46.1 Å². The fraction of sp³-hybridized carbons (Fsp3) is 0. The van der Waals surface area contributed by atoms with E-state index in [1.165, 1.54) is 6.20 Å². The van der Waals surface area contributed by atoms with Crippen LogP contribution in [0.1, 0.15) is 16.1 Å². The number of fused-ring (bicyclic) bond motifs is 1. The minimum absolute atomic E-state index is 0.103. The highest BCUT2D eigenvalue weighted by Crippen LogP contribution is 2.20. The molecule has 0 atom stereocenters. The normalized spacial score (nSPS) is 10.3. The van der Waals surface area contributed by atoms with E-state index in [-0.39, 0.29) is 11.5 Å². The van der Waals surface area contributed by atoms with Crippen LogP contribution in [0.5, 0.6) is 5.75 Å². The largest absolute Gasteiger partial charge is 0.506 e. The summed E-state index contributed by atoms with van der Waals surface area (Å²) in [4.78, 5) is 15.7. The number of carbonyl (C=O) groups is 1. The van der Waals surface area contributed by atoms with E-state index in [0.29, 0.717) is 16.9 Å². The average molecular weight is 262 g/mol. The van der Waals surface area contributed by atoms with Crippen molar-refractivity contribution in [3.8, 4) is 5.75 Å². The van der Waals surface area contributed by atoms with Crippen molar-refractivity contribution >= 4 is 17.0 Å². The Bertz CT molecular complexity index is 839. The van der Waals surface area contributed by atoms with E-state index in [9.17, 15) is 9.90 Å². The van der Waals surface area contributed by atoms with Crippen LogP contribution < -0.4 is 0 Å². The molecular weight excluding hydrogens is 252 g/mol. The fourth-order valence-corrected chi connectivity index (χ4v) is 2.11. The van der Waals surface area contributed by atoms with E-state index in [4.69, 9.17) is 6.57 Å². The SMILES string of the molecule is [C-]#[N+]c1ccc(C(=O)c2ccc3ccc(O)cn23)cc1. The molecule has 1 aromatic carbocycles. The van der Waals surface area contributed by atoms with Crippen LogP contribution in [0, 0.1) is 6.57 Å². The van der Waals surface area contributed by atoms with Crippen molar-refractivity contribution in [2.45, 2.75) is 0 Å². The minimum atomic E-state index is -0.146. The zero-order valence-electron chi connectivity index (χ0n) is 10.4. The van der Waals surface area contributed by atoms with E-state index in [2.05, 4.69) is 4.85 Å². The molecule has 2 heterocycles. The third kappa shape index (κ3) is 1.91. The standard InChI is InChI=1S/C16H10N2O2/c1-17-12-4-2-11(3-5-12)16(20)15-9-7-13-6-8-14(19)10-18(13)15/h2-10,19H. The number of hydrogen-bond donors (Lipinski definition) is 1. The van der Waals surface area contributed by atoms with Crippen LogP contribution in [0.25, 0.3) is 10.4 Å². The summed E-state index contributed by atoms with van der Waals surface area (Å²) >= 11 is 0. The lowest BCUT2D eigenvalue weighted by atomic mass is 10.1. The first kappa shape index (κ1) is 12.0. The molecule has 0 amide bonds. The summed E-state index contributed by atoms with van der Waals surface area (Å²) < 4.78 is 1.65. The molecule has 4 nitrogen and oxygen atoms in total. The maximum absolute atomic E-state index is 12.5. The van der Waals surface area contributed by atoms with Crippen molar-refractivity contribution in [3.05, 3.63) is 77.4 Å². The Balaban J connectivity index is 2.08. The van der Waals surface area contributed by atoms with Crippen LogP contribution in [0.4, 0.5) is 5.69 Å². The van der Waals surface area contributed by atoms with Gasteiger partial charge in [-0.25, -0.2) is 4.85 Å². The fourth-order valence-electron chi connectivity index (χ4n) is 2.11. The summed E-state index contributed by atoms with van der Waals surface area (Å²) in [6.07, 6.45) is 1.51. The molecule has 2 aromatic heterocycles. The van der Waals surface area contributed by atoms with Crippen molar-refractivity contribution in [1.29, 1.82) is 0 Å². The highest BCUT2D eigenvalue weighted by atomic mass is 16.3. The van der Waals surface area contributed by atoms with Gasteiger partial charge in [0.15, 0.2) is 5.69 Å². The van der Waals surface area contributed by atoms with Gasteiger partial charge in [0.1, 0.15) is 5.75 Å². The number of aromatic nitrogens is 1. The molecule has 0 aliphatic rings. The van der Waals surface area contributed by atoms with Crippen LogP contribution in [0.2, 0.25) is 0 Å². The molecule has 0 saturated carbocycles. The first-order valence-corrected chi connectivity index (χ1v) is 6.01. The highest BCUT2D eigenvalue weighted by Gasteiger charge is 2.13. The van der Waals surface area contributed by atoms with Crippen molar-refractivity contribution in [2.75, 3.05) is 0 Å². The lowest BCUT2D eigenvalue weighted by Gasteiger charge is -2.03. The van der Waals surface area contributed by atoms with Gasteiger partial charge in [-0.05, 0) is 24.3 Å². The molecule has 0 aliphatic carbocycles. The molecule has 1 N–H and O–H groups in total. The Morgan fingerprint density at radius 1 is 1.05 bits per heavy atom. The summed E-state index contributed by atoms with van der Waals surface area (Å²) in [5, 5.41) is 9.53. The second-order valence-electron chi connectivity index (χ2n) is 4.39. The molecule has 0 radical (unpaired) electrons. The van der Waals surface area contributed by atoms with Gasteiger partial charge in [-0.15, -0.1) is 0 Å². The molecular formula is C16H10N2O2. The summed E-state index contributed by atoms with van der Waals surface area (Å²) in [6, 6.07) is 13.4. The predicted octanol–water partition coefficient (Wildman–Crippen LogP) is 3.43. The molecule has 0 unspecified atom stereocenters. The number of pyridine rings is 1. The number of ketones is 1. The average Bonchev–Trinajstić information content (AvgIpc) is 2.89. The number of nitrogens with zero attached hydrogens (tertiary/aromatic N) is 2. The molecule has 3 rings (SSSR count). The quantitative estimate of drug-likeness (QED) is 0.568. The van der Waals surface area contributed by atoms with Crippen molar-refractivity contribution in [2.24, 2.45) is 0 Å². The summed E-state index contributed by atoms with van der Waals surface area (Å²) in [5.74, 6) is -0.0433. The van der Waals surface area contributed by atoms with Gasteiger partial charge in [0.05, 0.1) is 18.5 Å². The minimum Gasteiger partial charge on any atom is -0.506 e. The molecule has 3 aromatic rings. The van der Waals surface area contributed by atoms with Crippen LogP contribution in [-0.4, -0.2) is 15.3 Å². The Labute approximate surface area is 115 Å². The second-order valence-corrected chi connectivity index (χ2v) is 4.39. The summed E-state index contributed by atoms with van der Waals surface area (Å²) in [5.41, 5.74) is 2.33. The molecule has 0 fully saturated rings. The van der Waals surface area contributed by atoms with Gasteiger partial charge in [-0.1, -0.05) is 24.3 Å². The van der Waals surface area contributed by atoms with Gasteiger partial charge in [0, 0.05) is 11.1 Å². The van der Waals surface area contributed by atoms with Gasteiger partial charge in [0.25, 0.3) is 0 Å². The first-order chi connectivity index (χ1) is 9.69. The van der Waals surface area contributed by atoms with Crippen LogP contribution >= 0.6 is 0 Å². The zero-order chi connectivity index (χ0) is 14.1. The molecule has 0 bridgehead atoms. The van der Waals surface area contributed by atoms with Crippen molar-refractivity contribution in [3.63, 3.8) is 0 Å². The summed E-state index contributed by atoms with van der Waals surface area (Å²) in [6.45, 7) is 6.90. The molecule has 0 spiro atoms. The van der Waals surface area contributed by atoms with Gasteiger partial charge >= 0.3 is 0 Å². The maximum atomic E-state index is 12.5. The first-order valence-electron chi connectivity index (χ1n) is 6.01. The number of aromatic hydroxyl groups is 1. The predicted molar refractivity (Wildman–Crippen MR) is 75.2 cm³/mol. The Morgan fingerprint density at radius 3 is 2.45 bits per heavy atom. The number of hydrogen-bond acceptors (Lipinski definition) is 2. The monoisotopic (exact) mass is 262 g/mol. The smallest absolute Gasteiger partial charge is 0.209 e. The van der Waals surface area contributed by atoms with Crippen LogP contribution in [0.3, 0.4) is 0 Å². The number of rotatable bonds is 2. The van der Waals surface area contributed by atoms with Crippen molar-refractivity contribution in [1.82, 2.24) is 4.40 Å². The second kappa shape index (κ2) is 4.56. The van der Waals surface area contributed by atoms with Gasteiger partial charge in [0.2, 0.25) is 5.78 Å².